The van der Waals surface area contributed by atoms with Crippen LogP contribution in [-0.4, -0.2) is 67.3 Å². The Bertz CT molecular complexity index is 563. The molecule has 1 aromatic heterocycles. The molecule has 4 N–H and O–H groups in total. The van der Waals surface area contributed by atoms with Crippen molar-refractivity contribution < 1.29 is 25.2 Å². The fraction of sp³-hybridized carbons (Fsp3) is 0.667. The van der Waals surface area contributed by atoms with Crippen molar-refractivity contribution in [3.8, 4) is 0 Å². The van der Waals surface area contributed by atoms with E-state index in [1.54, 1.807) is 13.2 Å². The van der Waals surface area contributed by atoms with E-state index in [4.69, 9.17) is 4.74 Å². The molecule has 118 valence electrons. The average Bonchev–Trinajstić information content (AvgIpc) is 2.45. The first-order chi connectivity index (χ1) is 9.90. The Morgan fingerprint density at radius 3 is 2.57 bits per heavy atom. The van der Waals surface area contributed by atoms with Gasteiger partial charge in [0.2, 0.25) is 0 Å². The molecule has 0 bridgehead atoms. The lowest BCUT2D eigenvalue weighted by Crippen LogP contribution is -2.57. The molecule has 5 atom stereocenters. The van der Waals surface area contributed by atoms with Crippen molar-refractivity contribution >= 4 is 11.8 Å². The van der Waals surface area contributed by atoms with E-state index in [1.807, 2.05) is 0 Å². The van der Waals surface area contributed by atoms with Crippen LogP contribution in [0.3, 0.4) is 0 Å². The molecule has 1 fully saturated rings. The number of aliphatic hydroxyl groups is 4. The SMILES string of the molecule is CSc1nc(C)cc(=O)n1[C@@H]1O[C@H](CO)[C@@H](O)[C@H](O)[C@H]1O. The molecule has 9 heteroatoms. The van der Waals surface area contributed by atoms with E-state index in [1.165, 1.54) is 17.8 Å². The van der Waals surface area contributed by atoms with Gasteiger partial charge in [0.25, 0.3) is 5.56 Å². The van der Waals surface area contributed by atoms with E-state index in [0.717, 1.165) is 4.57 Å². The maximum atomic E-state index is 12.2. The molecule has 1 aliphatic rings. The number of hydrogen-bond acceptors (Lipinski definition) is 8. The summed E-state index contributed by atoms with van der Waals surface area (Å²) in [6, 6.07) is 1.28. The molecule has 0 saturated carbocycles. The monoisotopic (exact) mass is 318 g/mol. The second-order valence-corrected chi connectivity index (χ2v) is 5.59. The Morgan fingerprint density at radius 2 is 2.00 bits per heavy atom. The Hall–Kier alpha value is -0.970. The van der Waals surface area contributed by atoms with Gasteiger partial charge in [0, 0.05) is 11.8 Å². The van der Waals surface area contributed by atoms with E-state index in [9.17, 15) is 25.2 Å². The summed E-state index contributed by atoms with van der Waals surface area (Å²) in [5.74, 6) is 0. The smallest absolute Gasteiger partial charge is 0.256 e. The van der Waals surface area contributed by atoms with E-state index < -0.39 is 42.8 Å². The molecule has 0 radical (unpaired) electrons. The van der Waals surface area contributed by atoms with Crippen LogP contribution in [0.25, 0.3) is 0 Å². The normalized spacial score (nSPS) is 33.1. The van der Waals surface area contributed by atoms with Gasteiger partial charge in [-0.1, -0.05) is 11.8 Å². The molecule has 0 amide bonds. The number of hydrogen-bond donors (Lipinski definition) is 4. The maximum absolute atomic E-state index is 12.2. The minimum absolute atomic E-state index is 0.310. The van der Waals surface area contributed by atoms with Crippen molar-refractivity contribution in [2.24, 2.45) is 0 Å². The summed E-state index contributed by atoms with van der Waals surface area (Å²) < 4.78 is 6.49. The van der Waals surface area contributed by atoms with Gasteiger partial charge < -0.3 is 25.2 Å². The molecule has 2 rings (SSSR count). The van der Waals surface area contributed by atoms with Gasteiger partial charge in [-0.3, -0.25) is 9.36 Å². The fourth-order valence-electron chi connectivity index (χ4n) is 2.25. The summed E-state index contributed by atoms with van der Waals surface area (Å²) in [6.07, 6.45) is -5.12. The van der Waals surface area contributed by atoms with Gasteiger partial charge in [0.05, 0.1) is 6.61 Å². The van der Waals surface area contributed by atoms with Crippen molar-refractivity contribution in [3.05, 3.63) is 22.1 Å². The number of rotatable bonds is 3. The van der Waals surface area contributed by atoms with Crippen LogP contribution in [0.5, 0.6) is 0 Å². The Morgan fingerprint density at radius 1 is 1.33 bits per heavy atom. The van der Waals surface area contributed by atoms with E-state index in [2.05, 4.69) is 4.98 Å². The first kappa shape index (κ1) is 16.4. The first-order valence-corrected chi connectivity index (χ1v) is 7.58. The summed E-state index contributed by atoms with van der Waals surface area (Å²) in [5.41, 5.74) is 0.0707. The summed E-state index contributed by atoms with van der Waals surface area (Å²) in [4.78, 5) is 16.3. The highest BCUT2D eigenvalue weighted by Crippen LogP contribution is 2.29. The van der Waals surface area contributed by atoms with E-state index in [-0.39, 0.29) is 0 Å². The highest BCUT2D eigenvalue weighted by molar-refractivity contribution is 7.98. The summed E-state index contributed by atoms with van der Waals surface area (Å²) >= 11 is 1.18. The predicted octanol–water partition coefficient (Wildman–Crippen LogP) is -1.75. The summed E-state index contributed by atoms with van der Waals surface area (Å²) in [6.45, 7) is 1.11. The van der Waals surface area contributed by atoms with Gasteiger partial charge in [-0.15, -0.1) is 0 Å². The molecule has 1 aliphatic heterocycles. The van der Waals surface area contributed by atoms with Crippen LogP contribution >= 0.6 is 11.8 Å². The number of ether oxygens (including phenoxy) is 1. The lowest BCUT2D eigenvalue weighted by Gasteiger charge is -2.40. The minimum atomic E-state index is -1.54. The van der Waals surface area contributed by atoms with Crippen LogP contribution in [0, 0.1) is 6.92 Å². The lowest BCUT2D eigenvalue weighted by atomic mass is 9.98. The molecular weight excluding hydrogens is 300 g/mol. The average molecular weight is 318 g/mol. The molecule has 21 heavy (non-hydrogen) atoms. The van der Waals surface area contributed by atoms with Crippen LogP contribution in [0.4, 0.5) is 0 Å². The molecule has 0 unspecified atom stereocenters. The van der Waals surface area contributed by atoms with Gasteiger partial charge >= 0.3 is 0 Å². The number of nitrogens with zero attached hydrogens (tertiary/aromatic N) is 2. The van der Waals surface area contributed by atoms with Gasteiger partial charge in [0.1, 0.15) is 24.4 Å². The molecule has 8 nitrogen and oxygen atoms in total. The number of aliphatic hydroxyl groups excluding tert-OH is 4. The molecule has 1 aromatic rings. The molecule has 0 aliphatic carbocycles. The fourth-order valence-corrected chi connectivity index (χ4v) is 2.88. The summed E-state index contributed by atoms with van der Waals surface area (Å²) in [7, 11) is 0. The zero-order valence-corrected chi connectivity index (χ0v) is 12.4. The van der Waals surface area contributed by atoms with Crippen LogP contribution in [0.15, 0.2) is 16.0 Å². The van der Waals surface area contributed by atoms with Gasteiger partial charge in [-0.25, -0.2) is 4.98 Å². The van der Waals surface area contributed by atoms with Crippen LogP contribution in [-0.2, 0) is 4.74 Å². The molecular formula is C12H18N2O6S. The van der Waals surface area contributed by atoms with Crippen LogP contribution in [0.2, 0.25) is 0 Å². The predicted molar refractivity (Wildman–Crippen MR) is 74.0 cm³/mol. The van der Waals surface area contributed by atoms with Crippen LogP contribution < -0.4 is 5.56 Å². The minimum Gasteiger partial charge on any atom is -0.394 e. The van der Waals surface area contributed by atoms with Crippen molar-refractivity contribution in [1.29, 1.82) is 0 Å². The highest BCUT2D eigenvalue weighted by atomic mass is 32.2. The Labute approximate surface area is 125 Å². The van der Waals surface area contributed by atoms with Crippen molar-refractivity contribution in [3.63, 3.8) is 0 Å². The number of aromatic nitrogens is 2. The third kappa shape index (κ3) is 2.98. The zero-order valence-electron chi connectivity index (χ0n) is 11.6. The Kier molecular flexibility index (Phi) is 5.02. The summed E-state index contributed by atoms with van der Waals surface area (Å²) in [5, 5.41) is 39.1. The van der Waals surface area contributed by atoms with Crippen molar-refractivity contribution in [2.75, 3.05) is 12.9 Å². The van der Waals surface area contributed by atoms with E-state index >= 15 is 0 Å². The second kappa shape index (κ2) is 6.42. The third-order valence-electron chi connectivity index (χ3n) is 3.35. The van der Waals surface area contributed by atoms with Gasteiger partial charge in [0.15, 0.2) is 11.4 Å². The van der Waals surface area contributed by atoms with Gasteiger partial charge in [-0.2, -0.15) is 0 Å². The lowest BCUT2D eigenvalue weighted by molar-refractivity contribution is -0.254. The molecule has 0 spiro atoms. The topological polar surface area (TPSA) is 125 Å². The zero-order chi connectivity index (χ0) is 15.7. The second-order valence-electron chi connectivity index (χ2n) is 4.81. The Balaban J connectivity index is 2.48. The van der Waals surface area contributed by atoms with Crippen LogP contribution in [0.1, 0.15) is 11.9 Å². The maximum Gasteiger partial charge on any atom is 0.256 e. The third-order valence-corrected chi connectivity index (χ3v) is 4.01. The molecule has 2 heterocycles. The quantitative estimate of drug-likeness (QED) is 0.382. The highest BCUT2D eigenvalue weighted by Gasteiger charge is 2.45. The molecule has 1 saturated heterocycles. The van der Waals surface area contributed by atoms with E-state index in [0.29, 0.717) is 10.9 Å². The number of thioether (sulfide) groups is 1. The largest absolute Gasteiger partial charge is 0.394 e. The standard InChI is InChI=1S/C12H18N2O6S/c1-5-3-7(16)14(12(13-5)21-2)11-10(19)9(18)8(17)6(4-15)20-11/h3,6,8-11,15,17-19H,4H2,1-2H3/t6-,8-,9+,10-,11-/m1/s1. The van der Waals surface area contributed by atoms with Crippen molar-refractivity contribution in [1.82, 2.24) is 9.55 Å². The molecule has 0 aromatic carbocycles. The van der Waals surface area contributed by atoms with Gasteiger partial charge in [-0.05, 0) is 13.2 Å². The number of aryl methyl sites for hydroxylation is 1. The van der Waals surface area contributed by atoms with Crippen molar-refractivity contribution in [2.45, 2.75) is 42.7 Å². The first-order valence-electron chi connectivity index (χ1n) is 6.35.